The Labute approximate surface area is 112 Å². The van der Waals surface area contributed by atoms with Crippen molar-refractivity contribution in [2.24, 2.45) is 7.05 Å². The lowest BCUT2D eigenvalue weighted by Gasteiger charge is -2.10. The van der Waals surface area contributed by atoms with E-state index in [4.69, 9.17) is 0 Å². The van der Waals surface area contributed by atoms with Crippen LogP contribution < -0.4 is 0 Å². The van der Waals surface area contributed by atoms with Crippen molar-refractivity contribution >= 4 is 5.78 Å². The minimum atomic E-state index is -0.774. The highest BCUT2D eigenvalue weighted by atomic mass is 16.1. The molecule has 0 aliphatic carbocycles. The zero-order valence-electron chi connectivity index (χ0n) is 11.2. The summed E-state index contributed by atoms with van der Waals surface area (Å²) >= 11 is 0. The standard InChI is InChI=1S/C15H15N3O/c1-10-6-4-5-7-12(10)13(8-16)15(19)14-9-18(3)17-11(14)2/h4-7,9,13H,1-3H3. The van der Waals surface area contributed by atoms with Crippen molar-refractivity contribution in [3.63, 3.8) is 0 Å². The van der Waals surface area contributed by atoms with Crippen LogP contribution in [0.2, 0.25) is 0 Å². The molecule has 1 aromatic heterocycles. The molecule has 0 N–H and O–H groups in total. The fourth-order valence-electron chi connectivity index (χ4n) is 2.18. The van der Waals surface area contributed by atoms with Gasteiger partial charge in [-0.1, -0.05) is 24.3 Å². The van der Waals surface area contributed by atoms with Crippen molar-refractivity contribution < 1.29 is 4.79 Å². The number of nitriles is 1. The van der Waals surface area contributed by atoms with E-state index in [1.165, 1.54) is 0 Å². The van der Waals surface area contributed by atoms with Crippen LogP contribution in [0.4, 0.5) is 0 Å². The van der Waals surface area contributed by atoms with Gasteiger partial charge in [0.05, 0.1) is 17.3 Å². The van der Waals surface area contributed by atoms with Gasteiger partial charge >= 0.3 is 0 Å². The van der Waals surface area contributed by atoms with E-state index in [-0.39, 0.29) is 5.78 Å². The summed E-state index contributed by atoms with van der Waals surface area (Å²) in [5, 5.41) is 13.5. The van der Waals surface area contributed by atoms with Crippen LogP contribution in [-0.2, 0) is 7.05 Å². The van der Waals surface area contributed by atoms with E-state index in [0.29, 0.717) is 11.3 Å². The third kappa shape index (κ3) is 2.41. The molecule has 0 saturated heterocycles. The fourth-order valence-corrected chi connectivity index (χ4v) is 2.18. The molecule has 0 amide bonds. The second-order valence-electron chi connectivity index (χ2n) is 4.58. The van der Waals surface area contributed by atoms with Gasteiger partial charge in [-0.05, 0) is 25.0 Å². The Hall–Kier alpha value is -2.41. The van der Waals surface area contributed by atoms with E-state index in [1.54, 1.807) is 24.9 Å². The second-order valence-corrected chi connectivity index (χ2v) is 4.58. The molecule has 0 aliphatic heterocycles. The molecule has 1 atom stereocenters. The van der Waals surface area contributed by atoms with Gasteiger partial charge in [0.15, 0.2) is 5.78 Å². The first-order chi connectivity index (χ1) is 9.04. The predicted octanol–water partition coefficient (Wildman–Crippen LogP) is 2.53. The minimum Gasteiger partial charge on any atom is -0.292 e. The number of hydrogen-bond acceptors (Lipinski definition) is 3. The molecule has 1 aromatic carbocycles. The van der Waals surface area contributed by atoms with Gasteiger partial charge in [0, 0.05) is 13.2 Å². The Morgan fingerprint density at radius 2 is 2.05 bits per heavy atom. The number of hydrogen-bond donors (Lipinski definition) is 0. The Bertz CT molecular complexity index is 664. The van der Waals surface area contributed by atoms with E-state index in [0.717, 1.165) is 11.1 Å². The van der Waals surface area contributed by atoms with E-state index in [1.807, 2.05) is 31.2 Å². The first-order valence-electron chi connectivity index (χ1n) is 6.04. The lowest BCUT2D eigenvalue weighted by atomic mass is 9.89. The zero-order valence-corrected chi connectivity index (χ0v) is 11.2. The third-order valence-corrected chi connectivity index (χ3v) is 3.17. The van der Waals surface area contributed by atoms with Crippen molar-refractivity contribution in [1.82, 2.24) is 9.78 Å². The SMILES string of the molecule is Cc1ccccc1C(C#N)C(=O)c1cn(C)nc1C. The van der Waals surface area contributed by atoms with E-state index in [2.05, 4.69) is 11.2 Å². The number of aromatic nitrogens is 2. The lowest BCUT2D eigenvalue weighted by Crippen LogP contribution is -2.13. The number of rotatable bonds is 3. The molecule has 0 bridgehead atoms. The van der Waals surface area contributed by atoms with Crippen LogP contribution in [0.1, 0.15) is 33.1 Å². The Balaban J connectivity index is 2.44. The number of aryl methyl sites for hydroxylation is 3. The molecule has 19 heavy (non-hydrogen) atoms. The molecule has 4 nitrogen and oxygen atoms in total. The molecule has 2 aromatic rings. The number of nitrogens with zero attached hydrogens (tertiary/aromatic N) is 3. The minimum absolute atomic E-state index is 0.192. The maximum atomic E-state index is 12.5. The van der Waals surface area contributed by atoms with Gasteiger partial charge in [0.1, 0.15) is 5.92 Å². The molecule has 2 rings (SSSR count). The number of ketones is 1. The highest BCUT2D eigenvalue weighted by Gasteiger charge is 2.25. The highest BCUT2D eigenvalue weighted by molar-refractivity contribution is 6.03. The fraction of sp³-hybridized carbons (Fsp3) is 0.267. The molecule has 1 unspecified atom stereocenters. The van der Waals surface area contributed by atoms with Crippen LogP contribution in [0.3, 0.4) is 0 Å². The van der Waals surface area contributed by atoms with Crippen LogP contribution >= 0.6 is 0 Å². The van der Waals surface area contributed by atoms with E-state index < -0.39 is 5.92 Å². The van der Waals surface area contributed by atoms with Crippen molar-refractivity contribution in [3.8, 4) is 6.07 Å². The van der Waals surface area contributed by atoms with Crippen molar-refractivity contribution in [2.75, 3.05) is 0 Å². The summed E-state index contributed by atoms with van der Waals surface area (Å²) in [5.41, 5.74) is 2.88. The van der Waals surface area contributed by atoms with Gasteiger partial charge < -0.3 is 0 Å². The lowest BCUT2D eigenvalue weighted by molar-refractivity contribution is 0.0978. The summed E-state index contributed by atoms with van der Waals surface area (Å²) < 4.78 is 1.59. The largest absolute Gasteiger partial charge is 0.292 e. The van der Waals surface area contributed by atoms with Gasteiger partial charge in [0.2, 0.25) is 0 Å². The van der Waals surface area contributed by atoms with Crippen LogP contribution in [0, 0.1) is 25.2 Å². The Morgan fingerprint density at radius 3 is 2.58 bits per heavy atom. The summed E-state index contributed by atoms with van der Waals surface area (Å²) in [4.78, 5) is 12.5. The van der Waals surface area contributed by atoms with Crippen LogP contribution in [0.15, 0.2) is 30.5 Å². The van der Waals surface area contributed by atoms with Crippen molar-refractivity contribution in [1.29, 1.82) is 5.26 Å². The zero-order chi connectivity index (χ0) is 14.0. The normalized spacial score (nSPS) is 11.9. The average molecular weight is 253 g/mol. The van der Waals surface area contributed by atoms with Crippen LogP contribution in [0.25, 0.3) is 0 Å². The monoisotopic (exact) mass is 253 g/mol. The number of carbonyl (C=O) groups excluding carboxylic acids is 1. The molecule has 0 saturated carbocycles. The number of benzene rings is 1. The summed E-state index contributed by atoms with van der Waals surface area (Å²) in [7, 11) is 1.76. The smallest absolute Gasteiger partial charge is 0.187 e. The summed E-state index contributed by atoms with van der Waals surface area (Å²) in [5.74, 6) is -0.966. The van der Waals surface area contributed by atoms with Crippen molar-refractivity contribution in [3.05, 3.63) is 52.8 Å². The summed E-state index contributed by atoms with van der Waals surface area (Å²) in [6.07, 6.45) is 1.67. The number of Topliss-reactive ketones (excluding diaryl/α,β-unsaturated/α-hetero) is 1. The molecule has 0 radical (unpaired) electrons. The third-order valence-electron chi connectivity index (χ3n) is 3.17. The quantitative estimate of drug-likeness (QED) is 0.790. The van der Waals surface area contributed by atoms with Gasteiger partial charge in [-0.3, -0.25) is 9.48 Å². The van der Waals surface area contributed by atoms with Crippen LogP contribution in [0.5, 0.6) is 0 Å². The number of carbonyl (C=O) groups is 1. The van der Waals surface area contributed by atoms with Gasteiger partial charge in [-0.2, -0.15) is 10.4 Å². The van der Waals surface area contributed by atoms with Gasteiger partial charge in [-0.15, -0.1) is 0 Å². The van der Waals surface area contributed by atoms with Crippen LogP contribution in [-0.4, -0.2) is 15.6 Å². The Morgan fingerprint density at radius 1 is 1.37 bits per heavy atom. The molecule has 4 heteroatoms. The maximum absolute atomic E-state index is 12.5. The maximum Gasteiger partial charge on any atom is 0.187 e. The van der Waals surface area contributed by atoms with E-state index >= 15 is 0 Å². The van der Waals surface area contributed by atoms with E-state index in [9.17, 15) is 10.1 Å². The topological polar surface area (TPSA) is 58.7 Å². The predicted molar refractivity (Wildman–Crippen MR) is 71.8 cm³/mol. The molecule has 96 valence electrons. The molecular weight excluding hydrogens is 238 g/mol. The first kappa shape index (κ1) is 13.0. The molecule has 1 heterocycles. The second kappa shape index (κ2) is 5.07. The molecule has 0 spiro atoms. The highest BCUT2D eigenvalue weighted by Crippen LogP contribution is 2.24. The molecular formula is C15H15N3O. The van der Waals surface area contributed by atoms with Gasteiger partial charge in [-0.25, -0.2) is 0 Å². The first-order valence-corrected chi connectivity index (χ1v) is 6.04. The summed E-state index contributed by atoms with van der Waals surface area (Å²) in [6.45, 7) is 3.68. The van der Waals surface area contributed by atoms with Gasteiger partial charge in [0.25, 0.3) is 0 Å². The molecule has 0 aliphatic rings. The average Bonchev–Trinajstić information content (AvgIpc) is 2.71. The molecule has 0 fully saturated rings. The van der Waals surface area contributed by atoms with Crippen molar-refractivity contribution in [2.45, 2.75) is 19.8 Å². The summed E-state index contributed by atoms with van der Waals surface area (Å²) in [6, 6.07) is 9.58. The Kier molecular flexibility index (Phi) is 3.48.